The van der Waals surface area contributed by atoms with Crippen molar-refractivity contribution in [2.75, 3.05) is 13.1 Å². The molecule has 35 heavy (non-hydrogen) atoms. The van der Waals surface area contributed by atoms with Crippen LogP contribution in [-0.2, 0) is 6.54 Å². The molecule has 0 radical (unpaired) electrons. The van der Waals surface area contributed by atoms with Crippen molar-refractivity contribution in [2.24, 2.45) is 0 Å². The fourth-order valence-electron chi connectivity index (χ4n) is 4.50. The lowest BCUT2D eigenvalue weighted by Gasteiger charge is -2.17. The summed E-state index contributed by atoms with van der Waals surface area (Å²) in [5.74, 6) is -0.0263. The van der Waals surface area contributed by atoms with Gasteiger partial charge >= 0.3 is 0 Å². The highest BCUT2D eigenvalue weighted by Gasteiger charge is 2.24. The van der Waals surface area contributed by atoms with Gasteiger partial charge in [0.1, 0.15) is 15.9 Å². The summed E-state index contributed by atoms with van der Waals surface area (Å²) >= 11 is 3.00. The topological polar surface area (TPSA) is 71.0 Å². The molecule has 0 bridgehead atoms. The number of aromatic nitrogens is 3. The van der Waals surface area contributed by atoms with Crippen molar-refractivity contribution in [1.29, 1.82) is 0 Å². The summed E-state index contributed by atoms with van der Waals surface area (Å²) in [6.07, 6.45) is 2.58. The van der Waals surface area contributed by atoms with Gasteiger partial charge in [-0.05, 0) is 12.0 Å². The van der Waals surface area contributed by atoms with E-state index in [1.807, 2.05) is 29.0 Å². The van der Waals surface area contributed by atoms with Gasteiger partial charge < -0.3 is 5.32 Å². The van der Waals surface area contributed by atoms with Gasteiger partial charge in [-0.2, -0.15) is 0 Å². The van der Waals surface area contributed by atoms with Crippen LogP contribution in [0.3, 0.4) is 0 Å². The van der Waals surface area contributed by atoms with E-state index in [2.05, 4.69) is 51.6 Å². The second-order valence-corrected chi connectivity index (χ2v) is 10.3. The average molecular weight is 498 g/mol. The lowest BCUT2D eigenvalue weighted by atomic mass is 10.0. The molecule has 1 fully saturated rings. The van der Waals surface area contributed by atoms with Crippen LogP contribution in [0.5, 0.6) is 0 Å². The predicted octanol–water partition coefficient (Wildman–Crippen LogP) is 5.49. The highest BCUT2D eigenvalue weighted by molar-refractivity contribution is 7.11. The van der Waals surface area contributed by atoms with Crippen molar-refractivity contribution < 1.29 is 4.79 Å². The summed E-state index contributed by atoms with van der Waals surface area (Å²) in [6, 6.07) is 19.0. The van der Waals surface area contributed by atoms with E-state index in [0.717, 1.165) is 59.6 Å². The maximum atomic E-state index is 12.3. The van der Waals surface area contributed by atoms with E-state index in [1.165, 1.54) is 16.9 Å². The Bertz CT molecular complexity index is 1450. The molecule has 0 aliphatic carbocycles. The Kier molecular flexibility index (Phi) is 6.08. The zero-order valence-electron chi connectivity index (χ0n) is 18.9. The van der Waals surface area contributed by atoms with Gasteiger partial charge in [-0.15, -0.1) is 22.7 Å². The van der Waals surface area contributed by atoms with Gasteiger partial charge in [0, 0.05) is 47.6 Å². The summed E-state index contributed by atoms with van der Waals surface area (Å²) in [4.78, 5) is 29.3. The zero-order chi connectivity index (χ0) is 23.6. The molecular weight excluding hydrogens is 474 g/mol. The SMILES string of the molecule is O=C(NC1CCN(Cc2ccc(-c3nc4cscc4nc3-c3ccccc3)cc2)C1)c1cncs1. The Morgan fingerprint density at radius 2 is 1.69 bits per heavy atom. The van der Waals surface area contributed by atoms with Crippen LogP contribution in [0.1, 0.15) is 21.7 Å². The van der Waals surface area contributed by atoms with Crippen LogP contribution in [0.25, 0.3) is 33.5 Å². The molecule has 1 saturated heterocycles. The molecule has 1 amide bonds. The van der Waals surface area contributed by atoms with Crippen molar-refractivity contribution in [3.63, 3.8) is 0 Å². The van der Waals surface area contributed by atoms with Crippen LogP contribution in [0.2, 0.25) is 0 Å². The number of hydrogen-bond donors (Lipinski definition) is 1. The lowest BCUT2D eigenvalue weighted by molar-refractivity contribution is 0.0941. The third-order valence-corrected chi connectivity index (χ3v) is 7.75. The molecule has 0 saturated carbocycles. The minimum atomic E-state index is -0.0263. The molecular formula is C27H23N5OS2. The molecule has 2 aromatic carbocycles. The third-order valence-electron chi connectivity index (χ3n) is 6.26. The number of fused-ring (bicyclic) bond motifs is 1. The van der Waals surface area contributed by atoms with Gasteiger partial charge in [0.15, 0.2) is 0 Å². The van der Waals surface area contributed by atoms with Gasteiger partial charge in [-0.25, -0.2) is 9.97 Å². The number of nitrogens with one attached hydrogen (secondary N) is 1. The molecule has 1 N–H and O–H groups in total. The maximum absolute atomic E-state index is 12.3. The van der Waals surface area contributed by atoms with Gasteiger partial charge in [-0.3, -0.25) is 14.7 Å². The van der Waals surface area contributed by atoms with Crippen LogP contribution in [-0.4, -0.2) is 44.9 Å². The minimum absolute atomic E-state index is 0.0263. The van der Waals surface area contributed by atoms with Crippen LogP contribution < -0.4 is 5.32 Å². The van der Waals surface area contributed by atoms with Crippen LogP contribution in [0.15, 0.2) is 77.1 Å². The number of nitrogens with zero attached hydrogens (tertiary/aromatic N) is 4. The van der Waals surface area contributed by atoms with Crippen LogP contribution >= 0.6 is 22.7 Å². The first-order chi connectivity index (χ1) is 17.2. The van der Waals surface area contributed by atoms with Crippen LogP contribution in [0.4, 0.5) is 0 Å². The van der Waals surface area contributed by atoms with E-state index in [0.29, 0.717) is 4.88 Å². The Labute approximate surface area is 211 Å². The Balaban J connectivity index is 1.18. The number of thiazole rings is 1. The van der Waals surface area contributed by atoms with Crippen molar-refractivity contribution in [1.82, 2.24) is 25.2 Å². The van der Waals surface area contributed by atoms with E-state index in [4.69, 9.17) is 9.97 Å². The normalized spacial score (nSPS) is 16.1. The number of carbonyl (C=O) groups is 1. The van der Waals surface area contributed by atoms with Crippen molar-refractivity contribution in [2.45, 2.75) is 19.0 Å². The molecule has 174 valence electrons. The third kappa shape index (κ3) is 4.73. The highest BCUT2D eigenvalue weighted by atomic mass is 32.1. The average Bonchev–Trinajstić information content (AvgIpc) is 3.67. The Hall–Kier alpha value is -3.46. The van der Waals surface area contributed by atoms with Gasteiger partial charge in [0.05, 0.1) is 23.1 Å². The van der Waals surface area contributed by atoms with E-state index in [1.54, 1.807) is 23.0 Å². The first-order valence-corrected chi connectivity index (χ1v) is 13.4. The first-order valence-electron chi connectivity index (χ1n) is 11.5. The molecule has 6 nitrogen and oxygen atoms in total. The summed E-state index contributed by atoms with van der Waals surface area (Å²) < 4.78 is 0. The number of thiophene rings is 1. The van der Waals surface area contributed by atoms with E-state index in [-0.39, 0.29) is 11.9 Å². The molecule has 8 heteroatoms. The highest BCUT2D eigenvalue weighted by Crippen LogP contribution is 2.32. The van der Waals surface area contributed by atoms with Gasteiger partial charge in [-0.1, -0.05) is 54.6 Å². The molecule has 1 aliphatic heterocycles. The predicted molar refractivity (Wildman–Crippen MR) is 142 cm³/mol. The second-order valence-electron chi connectivity index (χ2n) is 8.69. The van der Waals surface area contributed by atoms with E-state index < -0.39 is 0 Å². The number of hydrogen-bond acceptors (Lipinski definition) is 7. The summed E-state index contributed by atoms with van der Waals surface area (Å²) in [6.45, 7) is 2.67. The largest absolute Gasteiger partial charge is 0.347 e. The first kappa shape index (κ1) is 22.0. The van der Waals surface area contributed by atoms with Gasteiger partial charge in [0.25, 0.3) is 5.91 Å². The summed E-state index contributed by atoms with van der Waals surface area (Å²) in [7, 11) is 0. The lowest BCUT2D eigenvalue weighted by Crippen LogP contribution is -2.36. The Morgan fingerprint density at radius 3 is 2.37 bits per heavy atom. The zero-order valence-corrected chi connectivity index (χ0v) is 20.6. The second kappa shape index (κ2) is 9.65. The van der Waals surface area contributed by atoms with Gasteiger partial charge in [0.2, 0.25) is 0 Å². The molecule has 1 aliphatic rings. The molecule has 1 atom stereocenters. The fourth-order valence-corrected chi connectivity index (χ4v) is 5.70. The molecule has 1 unspecified atom stereocenters. The van der Waals surface area contributed by atoms with Crippen molar-refractivity contribution >= 4 is 39.6 Å². The van der Waals surface area contributed by atoms with Crippen molar-refractivity contribution in [3.8, 4) is 22.5 Å². The number of benzene rings is 2. The molecule has 5 aromatic rings. The molecule has 4 heterocycles. The minimum Gasteiger partial charge on any atom is -0.347 e. The van der Waals surface area contributed by atoms with E-state index >= 15 is 0 Å². The quantitative estimate of drug-likeness (QED) is 0.336. The number of amides is 1. The Morgan fingerprint density at radius 1 is 0.971 bits per heavy atom. The molecule has 0 spiro atoms. The van der Waals surface area contributed by atoms with Crippen LogP contribution in [0, 0.1) is 0 Å². The number of rotatable bonds is 6. The van der Waals surface area contributed by atoms with Crippen molar-refractivity contribution in [3.05, 3.63) is 87.5 Å². The maximum Gasteiger partial charge on any atom is 0.263 e. The standard InChI is InChI=1S/C27H23N5OS2/c33-27(24-12-28-17-35-24)29-21-10-11-32(14-21)13-18-6-8-20(9-7-18)26-25(19-4-2-1-3-5-19)30-22-15-34-16-23(22)31-26/h1-9,12,15-17,21H,10-11,13-14H2,(H,29,33). The molecule has 6 rings (SSSR count). The molecule has 3 aromatic heterocycles. The summed E-state index contributed by atoms with van der Waals surface area (Å²) in [5.41, 5.74) is 8.72. The smallest absolute Gasteiger partial charge is 0.263 e. The monoisotopic (exact) mass is 497 g/mol. The van der Waals surface area contributed by atoms with E-state index in [9.17, 15) is 4.79 Å². The number of likely N-dealkylation sites (tertiary alicyclic amines) is 1. The summed E-state index contributed by atoms with van der Waals surface area (Å²) in [5, 5.41) is 7.23. The fraction of sp³-hybridized carbons (Fsp3) is 0.185. The number of carbonyl (C=O) groups excluding carboxylic acids is 1.